The third kappa shape index (κ3) is 18.3. The Labute approximate surface area is 319 Å². The molecule has 0 aromatic heterocycles. The molecule has 2 heterocycles. The Balaban J connectivity index is 2.64. The second-order valence-corrected chi connectivity index (χ2v) is 52.3. The van der Waals surface area contributed by atoms with Crippen molar-refractivity contribution in [1.29, 1.82) is 0 Å². The van der Waals surface area contributed by atoms with Crippen LogP contribution in [0.5, 0.6) is 0 Å². The van der Waals surface area contributed by atoms with Crippen LogP contribution in [-0.2, 0) is 45.2 Å². The van der Waals surface area contributed by atoms with Gasteiger partial charge in [-0.1, -0.05) is 0 Å². The lowest BCUT2D eigenvalue weighted by Gasteiger charge is -2.52. The summed E-state index contributed by atoms with van der Waals surface area (Å²) in [6.07, 6.45) is -6.28. The highest BCUT2D eigenvalue weighted by Crippen LogP contribution is 2.37. The first kappa shape index (κ1) is 48.2. The zero-order valence-electron chi connectivity index (χ0n) is 36.2. The first-order valence-corrected chi connectivity index (χ1v) is 42.7. The van der Waals surface area contributed by atoms with Crippen LogP contribution in [0.4, 0.5) is 0 Å². The molecule has 11 nitrogen and oxygen atoms in total. The predicted molar refractivity (Wildman–Crippen MR) is 224 cm³/mol. The van der Waals surface area contributed by atoms with Gasteiger partial charge in [0.15, 0.2) is 70.8 Å². The van der Waals surface area contributed by atoms with Crippen molar-refractivity contribution in [3.05, 3.63) is 0 Å². The Bertz CT molecular complexity index is 1070. The highest BCUT2D eigenvalue weighted by Gasteiger charge is 2.55. The number of rotatable bonds is 18. The molecule has 0 saturated carbocycles. The molecule has 2 aliphatic heterocycles. The monoisotopic (exact) mass is 846 g/mol. The summed E-state index contributed by atoms with van der Waals surface area (Å²) in [5.74, 6) is 0. The van der Waals surface area contributed by atoms with E-state index >= 15 is 0 Å². The Morgan fingerprint density at radius 2 is 0.686 bits per heavy atom. The van der Waals surface area contributed by atoms with E-state index in [-0.39, 0.29) is 6.61 Å². The Kier molecular flexibility index (Phi) is 16.7. The molecule has 0 radical (unpaired) electrons. The third-order valence-electron chi connectivity index (χ3n) is 7.24. The molecule has 0 aromatic carbocycles. The van der Waals surface area contributed by atoms with Crippen LogP contribution in [0.2, 0.25) is 137 Å². The van der Waals surface area contributed by atoms with Gasteiger partial charge in [-0.05, 0) is 137 Å². The summed E-state index contributed by atoms with van der Waals surface area (Å²) in [5.41, 5.74) is 0. The van der Waals surface area contributed by atoms with E-state index in [0.29, 0.717) is 6.61 Å². The van der Waals surface area contributed by atoms with Gasteiger partial charge in [-0.3, -0.25) is 0 Å². The van der Waals surface area contributed by atoms with Crippen LogP contribution in [0, 0.1) is 0 Å². The average molecular weight is 848 g/mol. The molecule has 2 fully saturated rings. The minimum Gasteiger partial charge on any atom is -0.415 e. The summed E-state index contributed by atoms with van der Waals surface area (Å²) in [6, 6.07) is 0. The van der Waals surface area contributed by atoms with E-state index in [1.807, 2.05) is 0 Å². The van der Waals surface area contributed by atoms with Crippen molar-refractivity contribution in [2.24, 2.45) is 0 Å². The van der Waals surface area contributed by atoms with Crippen LogP contribution in [0.25, 0.3) is 0 Å². The highest BCUT2D eigenvalue weighted by molar-refractivity contribution is 6.72. The Morgan fingerprint density at radius 3 is 1.06 bits per heavy atom. The number of aliphatic hydroxyl groups excluding tert-OH is 1. The second-order valence-electron chi connectivity index (χ2n) is 21.0. The second kappa shape index (κ2) is 17.7. The van der Waals surface area contributed by atoms with Crippen molar-refractivity contribution in [2.45, 2.75) is 199 Å². The van der Waals surface area contributed by atoms with Gasteiger partial charge in [0.05, 0.1) is 13.2 Å². The summed E-state index contributed by atoms with van der Waals surface area (Å²) in [4.78, 5) is 0. The largest absolute Gasteiger partial charge is 0.415 e. The lowest BCUT2D eigenvalue weighted by molar-refractivity contribution is -0.316. The summed E-state index contributed by atoms with van der Waals surface area (Å²) >= 11 is 0. The van der Waals surface area contributed by atoms with Crippen LogP contribution < -0.4 is 0 Å². The Morgan fingerprint density at radius 1 is 0.373 bits per heavy atom. The van der Waals surface area contributed by atoms with Gasteiger partial charge < -0.3 is 50.3 Å². The maximum absolute atomic E-state index is 11.5. The molecule has 2 aliphatic rings. The van der Waals surface area contributed by atoms with Crippen molar-refractivity contribution in [2.75, 3.05) is 13.2 Å². The molecule has 2 saturated heterocycles. The van der Waals surface area contributed by atoms with E-state index in [9.17, 15) is 5.11 Å². The molecule has 4 unspecified atom stereocenters. The molecule has 0 aromatic rings. The van der Waals surface area contributed by atoms with E-state index in [2.05, 4.69) is 137 Å². The molecule has 18 heteroatoms. The molecular weight excluding hydrogens is 769 g/mol. The molecule has 51 heavy (non-hydrogen) atoms. The van der Waals surface area contributed by atoms with Crippen molar-refractivity contribution in [1.82, 2.24) is 0 Å². The third-order valence-corrected chi connectivity index (χ3v) is 14.2. The number of hydrogen-bond donors (Lipinski definition) is 1. The molecule has 0 amide bonds. The predicted octanol–water partition coefficient (Wildman–Crippen LogP) is 7.62. The van der Waals surface area contributed by atoms with Crippen LogP contribution in [0.1, 0.15) is 0 Å². The van der Waals surface area contributed by atoms with E-state index in [0.717, 1.165) is 0 Å². The van der Waals surface area contributed by atoms with Crippen LogP contribution in [0.3, 0.4) is 0 Å². The van der Waals surface area contributed by atoms with Gasteiger partial charge in [0, 0.05) is 0 Å². The van der Waals surface area contributed by atoms with Crippen LogP contribution in [0.15, 0.2) is 0 Å². The first-order chi connectivity index (χ1) is 22.5. The maximum atomic E-state index is 11.5. The van der Waals surface area contributed by atoms with Crippen molar-refractivity contribution in [3.8, 4) is 0 Å². The topological polar surface area (TPSA) is 113 Å². The van der Waals surface area contributed by atoms with Gasteiger partial charge in [-0.15, -0.1) is 0 Å². The lowest BCUT2D eigenvalue weighted by atomic mass is 9.98. The van der Waals surface area contributed by atoms with Crippen molar-refractivity contribution >= 4 is 58.2 Å². The van der Waals surface area contributed by atoms with Gasteiger partial charge in [-0.25, -0.2) is 0 Å². The van der Waals surface area contributed by atoms with Gasteiger partial charge in [0.2, 0.25) is 0 Å². The van der Waals surface area contributed by atoms with Gasteiger partial charge >= 0.3 is 0 Å². The zero-order valence-corrected chi connectivity index (χ0v) is 43.2. The van der Waals surface area contributed by atoms with Crippen LogP contribution in [-0.4, -0.2) is 138 Å². The molecular formula is C33H78O11Si7. The SMILES string of the molecule is C[Si](C)(C)OCC1O[C@H](OCC2O[C@@H](O)C(O[Si](C)(C)C)[C@H](O[Si](C)(C)C)[C@@H]2O[Si](C)(C)C)C(O[Si](C)(C)C)[C@H](O[Si](C)(C)C)[C@H]1O[Si](C)(C)C. The normalized spacial score (nSPS) is 32.4. The van der Waals surface area contributed by atoms with E-state index < -0.39 is 120 Å². The minimum absolute atomic E-state index is 0.0778. The van der Waals surface area contributed by atoms with Crippen LogP contribution >= 0.6 is 0 Å². The quantitative estimate of drug-likeness (QED) is 0.138. The fraction of sp³-hybridized carbons (Fsp3) is 1.00. The maximum Gasteiger partial charge on any atom is 0.185 e. The molecule has 0 aliphatic carbocycles. The summed E-state index contributed by atoms with van der Waals surface area (Å²) < 4.78 is 67.8. The zero-order chi connectivity index (χ0) is 39.8. The van der Waals surface area contributed by atoms with E-state index in [1.165, 1.54) is 0 Å². The lowest BCUT2D eigenvalue weighted by Crippen LogP contribution is -2.68. The van der Waals surface area contributed by atoms with Gasteiger partial charge in [0.1, 0.15) is 48.8 Å². The molecule has 1 N–H and O–H groups in total. The molecule has 0 bridgehead atoms. The number of ether oxygens (including phenoxy) is 3. The average Bonchev–Trinajstić information content (AvgIpc) is 2.84. The van der Waals surface area contributed by atoms with Crippen molar-refractivity contribution in [3.63, 3.8) is 0 Å². The summed E-state index contributed by atoms with van der Waals surface area (Å²) in [6.45, 7) is 45.8. The number of aliphatic hydroxyl groups is 1. The summed E-state index contributed by atoms with van der Waals surface area (Å²) in [5, 5.41) is 11.5. The van der Waals surface area contributed by atoms with Crippen molar-refractivity contribution < 1.29 is 50.3 Å². The van der Waals surface area contributed by atoms with E-state index in [1.54, 1.807) is 0 Å². The summed E-state index contributed by atoms with van der Waals surface area (Å²) in [7, 11) is -14.7. The van der Waals surface area contributed by atoms with E-state index in [4.69, 9.17) is 45.2 Å². The fourth-order valence-electron chi connectivity index (χ4n) is 5.95. The first-order valence-electron chi connectivity index (χ1n) is 18.8. The molecule has 304 valence electrons. The number of hydrogen-bond acceptors (Lipinski definition) is 11. The molecule has 10 atom stereocenters. The minimum atomic E-state index is -2.17. The molecule has 2 rings (SSSR count). The van der Waals surface area contributed by atoms with Gasteiger partial charge in [-0.2, -0.15) is 0 Å². The van der Waals surface area contributed by atoms with Gasteiger partial charge in [0.25, 0.3) is 0 Å². The fourth-order valence-corrected chi connectivity index (χ4v) is 13.1. The molecule has 0 spiro atoms. The highest BCUT2D eigenvalue weighted by atomic mass is 28.4. The smallest absolute Gasteiger partial charge is 0.185 e. The Hall–Kier alpha value is 1.08. The standard InChI is InChI=1S/C33H78O11Si7/c1-45(2,3)36-23-25-27(40-47(7,8)9)29(42-49(13,14)15)31(44-51(19,20)21)33(38-25)35-22-24-26(39-46(4,5)6)28(41-48(10,11)12)30(32(34)37-24)43-50(16,17)18/h24-34H,22-23H2,1-21H3/t24?,25?,26-,27+,28-,29-,30?,31?,32-,33+/m1/s1.